The summed E-state index contributed by atoms with van der Waals surface area (Å²) >= 11 is 6.25. The molecule has 0 radical (unpaired) electrons. The number of aromatic nitrogens is 3. The van der Waals surface area contributed by atoms with Gasteiger partial charge < -0.3 is 14.2 Å². The Kier molecular flexibility index (Phi) is 6.32. The predicted octanol–water partition coefficient (Wildman–Crippen LogP) is 4.36. The van der Waals surface area contributed by atoms with Crippen LogP contribution in [-0.4, -0.2) is 26.8 Å². The van der Waals surface area contributed by atoms with E-state index in [9.17, 15) is 9.59 Å². The monoisotopic (exact) mass is 489 g/mol. The van der Waals surface area contributed by atoms with Gasteiger partial charge in [0, 0.05) is 10.7 Å². The van der Waals surface area contributed by atoms with Crippen molar-refractivity contribution in [2.24, 2.45) is 0 Å². The largest absolute Gasteiger partial charge is 0.467 e. The highest BCUT2D eigenvalue weighted by atomic mass is 35.5. The van der Waals surface area contributed by atoms with E-state index in [1.54, 1.807) is 48.5 Å². The molecule has 0 aliphatic carbocycles. The van der Waals surface area contributed by atoms with Crippen LogP contribution in [-0.2, 0) is 22.7 Å². The normalized spacial score (nSPS) is 11.9. The van der Waals surface area contributed by atoms with Crippen molar-refractivity contribution in [3.63, 3.8) is 0 Å². The van der Waals surface area contributed by atoms with Crippen molar-refractivity contribution in [2.75, 3.05) is 4.90 Å². The van der Waals surface area contributed by atoms with Gasteiger partial charge in [0.25, 0.3) is 5.91 Å². The molecule has 0 bridgehead atoms. The summed E-state index contributed by atoms with van der Waals surface area (Å²) in [5, 5.41) is 11.5. The van der Waals surface area contributed by atoms with E-state index in [1.165, 1.54) is 22.1 Å². The third-order valence-corrected chi connectivity index (χ3v) is 5.63. The summed E-state index contributed by atoms with van der Waals surface area (Å²) in [5.74, 6) is 0.00979. The Morgan fingerprint density at radius 3 is 2.60 bits per heavy atom. The second kappa shape index (κ2) is 9.86. The number of carbonyl (C=O) groups excluding carboxylic acids is 2. The molecule has 10 heteroatoms. The zero-order valence-electron chi connectivity index (χ0n) is 18.4. The van der Waals surface area contributed by atoms with Crippen molar-refractivity contribution in [3.8, 4) is 0 Å². The van der Waals surface area contributed by atoms with Crippen molar-refractivity contribution in [1.82, 2.24) is 20.3 Å². The quantitative estimate of drug-likeness (QED) is 0.347. The van der Waals surface area contributed by atoms with Crippen LogP contribution in [0.25, 0.3) is 11.0 Å². The van der Waals surface area contributed by atoms with Crippen molar-refractivity contribution >= 4 is 40.1 Å². The fourth-order valence-electron chi connectivity index (χ4n) is 3.81. The summed E-state index contributed by atoms with van der Waals surface area (Å²) in [5.41, 5.74) is 1.79. The zero-order valence-corrected chi connectivity index (χ0v) is 19.1. The molecule has 35 heavy (non-hydrogen) atoms. The fourth-order valence-corrected chi connectivity index (χ4v) is 3.99. The lowest BCUT2D eigenvalue weighted by molar-refractivity contribution is -0.127. The standard InChI is InChI=1S/C25H20ClN5O4/c26-17-6-3-7-18(14-17)31(23(32)16-30-21-10-2-1-9-20(21)28-29-30)24(22-11-5-13-35-22)25(33)27-15-19-8-4-12-34-19/h1-14,24H,15-16H2,(H,27,33)/t24-/m0/s1. The van der Waals surface area contributed by atoms with E-state index in [1.807, 2.05) is 24.3 Å². The molecule has 0 fully saturated rings. The van der Waals surface area contributed by atoms with E-state index in [0.29, 0.717) is 33.3 Å². The minimum atomic E-state index is -1.11. The number of nitrogens with one attached hydrogen (secondary N) is 1. The first-order valence-electron chi connectivity index (χ1n) is 10.8. The molecule has 5 rings (SSSR count). The lowest BCUT2D eigenvalue weighted by Crippen LogP contribution is -2.45. The molecule has 0 aliphatic rings. The average Bonchev–Trinajstić information content (AvgIpc) is 3.64. The number of halogens is 1. The highest BCUT2D eigenvalue weighted by molar-refractivity contribution is 6.31. The Morgan fingerprint density at radius 1 is 1.00 bits per heavy atom. The van der Waals surface area contributed by atoms with E-state index in [0.717, 1.165) is 0 Å². The van der Waals surface area contributed by atoms with Gasteiger partial charge in [-0.3, -0.25) is 14.5 Å². The van der Waals surface area contributed by atoms with Crippen LogP contribution in [0.15, 0.2) is 94.2 Å². The van der Waals surface area contributed by atoms with Crippen LogP contribution in [0.4, 0.5) is 5.69 Å². The van der Waals surface area contributed by atoms with E-state index in [2.05, 4.69) is 15.6 Å². The van der Waals surface area contributed by atoms with Crippen molar-refractivity contribution in [1.29, 1.82) is 0 Å². The first-order valence-corrected chi connectivity index (χ1v) is 11.2. The third kappa shape index (κ3) is 4.80. The topological polar surface area (TPSA) is 106 Å². The molecule has 0 spiro atoms. The first kappa shape index (κ1) is 22.4. The second-order valence-corrected chi connectivity index (χ2v) is 8.13. The minimum Gasteiger partial charge on any atom is -0.467 e. The number of furan rings is 2. The van der Waals surface area contributed by atoms with Crippen molar-refractivity contribution in [2.45, 2.75) is 19.1 Å². The number of para-hydroxylation sites is 1. The molecule has 5 aromatic rings. The summed E-state index contributed by atoms with van der Waals surface area (Å²) in [7, 11) is 0. The Morgan fingerprint density at radius 2 is 1.83 bits per heavy atom. The van der Waals surface area contributed by atoms with E-state index < -0.39 is 17.9 Å². The van der Waals surface area contributed by atoms with Crippen LogP contribution in [0.3, 0.4) is 0 Å². The SMILES string of the molecule is O=C(NCc1ccco1)[C@H](c1ccco1)N(C(=O)Cn1nnc2ccccc21)c1cccc(Cl)c1. The summed E-state index contributed by atoms with van der Waals surface area (Å²) < 4.78 is 12.4. The summed E-state index contributed by atoms with van der Waals surface area (Å²) in [6.07, 6.45) is 2.98. The number of hydrogen-bond acceptors (Lipinski definition) is 6. The van der Waals surface area contributed by atoms with Gasteiger partial charge >= 0.3 is 0 Å². The van der Waals surface area contributed by atoms with Gasteiger partial charge in [0.15, 0.2) is 6.04 Å². The second-order valence-electron chi connectivity index (χ2n) is 7.69. The molecular weight excluding hydrogens is 470 g/mol. The Hall–Kier alpha value is -4.37. The van der Waals surface area contributed by atoms with Crippen LogP contribution >= 0.6 is 11.6 Å². The van der Waals surface area contributed by atoms with Gasteiger partial charge in [-0.05, 0) is 54.6 Å². The number of rotatable bonds is 8. The number of anilines is 1. The summed E-state index contributed by atoms with van der Waals surface area (Å²) in [6, 6.07) is 19.7. The molecule has 3 aromatic heterocycles. The van der Waals surface area contributed by atoms with Gasteiger partial charge in [-0.2, -0.15) is 0 Å². The van der Waals surface area contributed by atoms with Gasteiger partial charge in [0.05, 0.1) is 24.6 Å². The van der Waals surface area contributed by atoms with Gasteiger partial charge in [0.1, 0.15) is 23.6 Å². The van der Waals surface area contributed by atoms with Crippen LogP contribution in [0, 0.1) is 0 Å². The van der Waals surface area contributed by atoms with Crippen LogP contribution in [0.2, 0.25) is 5.02 Å². The van der Waals surface area contributed by atoms with Gasteiger partial charge in [-0.1, -0.05) is 35.0 Å². The molecule has 9 nitrogen and oxygen atoms in total. The maximum atomic E-state index is 13.8. The Bertz CT molecular complexity index is 1450. The number of hydrogen-bond donors (Lipinski definition) is 1. The van der Waals surface area contributed by atoms with Crippen molar-refractivity contribution < 1.29 is 18.4 Å². The molecule has 0 saturated heterocycles. The molecule has 2 aromatic carbocycles. The van der Waals surface area contributed by atoms with Gasteiger partial charge in [-0.25, -0.2) is 4.68 Å². The molecular formula is C25H20ClN5O4. The highest BCUT2D eigenvalue weighted by Gasteiger charge is 2.35. The fraction of sp³-hybridized carbons (Fsp3) is 0.120. The third-order valence-electron chi connectivity index (χ3n) is 5.40. The smallest absolute Gasteiger partial charge is 0.251 e. The first-order chi connectivity index (χ1) is 17.1. The predicted molar refractivity (Wildman–Crippen MR) is 128 cm³/mol. The van der Waals surface area contributed by atoms with Gasteiger partial charge in [-0.15, -0.1) is 5.10 Å². The maximum absolute atomic E-state index is 13.8. The maximum Gasteiger partial charge on any atom is 0.251 e. The number of benzene rings is 2. The van der Waals surface area contributed by atoms with E-state index in [-0.39, 0.29) is 13.1 Å². The molecule has 1 N–H and O–H groups in total. The van der Waals surface area contributed by atoms with Gasteiger partial charge in [0.2, 0.25) is 5.91 Å². The van der Waals surface area contributed by atoms with Crippen LogP contribution in [0.5, 0.6) is 0 Å². The summed E-state index contributed by atoms with van der Waals surface area (Å²) in [6.45, 7) is -0.00989. The Balaban J connectivity index is 1.52. The number of amides is 2. The minimum absolute atomic E-state index is 0.147. The molecule has 0 saturated carbocycles. The summed E-state index contributed by atoms with van der Waals surface area (Å²) in [4.78, 5) is 28.6. The van der Waals surface area contributed by atoms with Crippen molar-refractivity contribution in [3.05, 3.63) is 102 Å². The number of fused-ring (bicyclic) bond motifs is 1. The van der Waals surface area contributed by atoms with Crippen LogP contribution < -0.4 is 10.2 Å². The van der Waals surface area contributed by atoms with E-state index >= 15 is 0 Å². The molecule has 3 heterocycles. The molecule has 176 valence electrons. The number of carbonyl (C=O) groups is 2. The molecule has 0 unspecified atom stereocenters. The lowest BCUT2D eigenvalue weighted by Gasteiger charge is -2.30. The molecule has 2 amide bonds. The zero-order chi connectivity index (χ0) is 24.2. The average molecular weight is 490 g/mol. The Labute approximate surface area is 204 Å². The lowest BCUT2D eigenvalue weighted by atomic mass is 10.1. The highest BCUT2D eigenvalue weighted by Crippen LogP contribution is 2.30. The molecule has 0 aliphatic heterocycles. The number of nitrogens with zero attached hydrogens (tertiary/aromatic N) is 4. The molecule has 1 atom stereocenters. The van der Waals surface area contributed by atoms with E-state index in [4.69, 9.17) is 20.4 Å². The van der Waals surface area contributed by atoms with Crippen LogP contribution in [0.1, 0.15) is 17.6 Å².